The summed E-state index contributed by atoms with van der Waals surface area (Å²) in [5.74, 6) is 0.185. The number of aliphatic imine (C=N–C) groups is 1. The lowest BCUT2D eigenvalue weighted by molar-refractivity contribution is -0.117. The first kappa shape index (κ1) is 25.4. The molecule has 0 bridgehead atoms. The summed E-state index contributed by atoms with van der Waals surface area (Å²) < 4.78 is 0. The second-order valence-electron chi connectivity index (χ2n) is 6.79. The number of primary amides is 1. The Hall–Kier alpha value is -3.62. The van der Waals surface area contributed by atoms with Gasteiger partial charge < -0.3 is 21.6 Å². The summed E-state index contributed by atoms with van der Waals surface area (Å²) in [6, 6.07) is 6.73. The number of anilines is 1. The van der Waals surface area contributed by atoms with Gasteiger partial charge in [0, 0.05) is 31.0 Å². The molecule has 166 valence electrons. The number of nitrogens with zero attached hydrogens (tertiary/aromatic N) is 3. The molecule has 0 saturated carbocycles. The number of benzene rings is 1. The Balaban J connectivity index is 0.000000703. The molecule has 0 atom stereocenters. The summed E-state index contributed by atoms with van der Waals surface area (Å²) in [5.41, 5.74) is 12.9. The highest BCUT2D eigenvalue weighted by molar-refractivity contribution is 5.97. The van der Waals surface area contributed by atoms with E-state index in [0.29, 0.717) is 30.1 Å². The second-order valence-corrected chi connectivity index (χ2v) is 6.79. The van der Waals surface area contributed by atoms with Crippen molar-refractivity contribution in [2.24, 2.45) is 16.5 Å². The smallest absolute Gasteiger partial charge is 0.248 e. The molecule has 0 radical (unpaired) electrons. The quantitative estimate of drug-likeness (QED) is 0.316. The third-order valence-corrected chi connectivity index (χ3v) is 3.99. The highest BCUT2D eigenvalue weighted by atomic mass is 16.1. The number of rotatable bonds is 9. The topological polar surface area (TPSA) is 153 Å². The molecule has 1 aromatic carbocycles. The van der Waals surface area contributed by atoms with Crippen LogP contribution in [0.1, 0.15) is 73.5 Å². The molecular formula is C22H30N6O3. The highest BCUT2D eigenvalue weighted by Crippen LogP contribution is 2.16. The van der Waals surface area contributed by atoms with Crippen LogP contribution in [0.4, 0.5) is 11.5 Å². The van der Waals surface area contributed by atoms with Gasteiger partial charge in [0.1, 0.15) is 11.6 Å². The van der Waals surface area contributed by atoms with E-state index in [0.717, 1.165) is 18.5 Å². The monoisotopic (exact) mass is 426 g/mol. The van der Waals surface area contributed by atoms with Gasteiger partial charge in [-0.05, 0) is 37.6 Å². The number of amides is 1. The van der Waals surface area contributed by atoms with Gasteiger partial charge in [-0.2, -0.15) is 0 Å². The molecule has 9 heteroatoms. The summed E-state index contributed by atoms with van der Waals surface area (Å²) >= 11 is 0. The van der Waals surface area contributed by atoms with Gasteiger partial charge in [0.2, 0.25) is 5.91 Å². The predicted octanol–water partition coefficient (Wildman–Crippen LogP) is 3.16. The van der Waals surface area contributed by atoms with Crippen LogP contribution in [0.2, 0.25) is 0 Å². The van der Waals surface area contributed by atoms with E-state index in [4.69, 9.17) is 11.5 Å². The van der Waals surface area contributed by atoms with Gasteiger partial charge >= 0.3 is 0 Å². The number of ketones is 2. The number of hydrogen-bond donors (Lipinski definition) is 3. The summed E-state index contributed by atoms with van der Waals surface area (Å²) in [4.78, 5) is 45.5. The zero-order chi connectivity index (χ0) is 23.4. The van der Waals surface area contributed by atoms with Crippen molar-refractivity contribution in [2.45, 2.75) is 53.5 Å². The van der Waals surface area contributed by atoms with E-state index in [-0.39, 0.29) is 23.1 Å². The van der Waals surface area contributed by atoms with Gasteiger partial charge in [0.05, 0.1) is 18.4 Å². The summed E-state index contributed by atoms with van der Waals surface area (Å²) in [5, 5.41) is 3.14. The SMILES string of the molecule is CCC(N)=Nc1ncc(CNc2ccc(C(N)=O)cc2)nc1C(C)=O.CCCC(C)=O. The fraction of sp³-hybridized carbons (Fsp3) is 0.364. The molecule has 1 amide bonds. The van der Waals surface area contributed by atoms with E-state index in [2.05, 4.69) is 20.3 Å². The number of aromatic nitrogens is 2. The van der Waals surface area contributed by atoms with E-state index >= 15 is 0 Å². The van der Waals surface area contributed by atoms with E-state index in [1.54, 1.807) is 37.4 Å². The molecule has 0 aliphatic carbocycles. The van der Waals surface area contributed by atoms with Crippen molar-refractivity contribution >= 4 is 34.8 Å². The van der Waals surface area contributed by atoms with Crippen LogP contribution in [0.3, 0.4) is 0 Å². The first-order valence-electron chi connectivity index (χ1n) is 10.0. The van der Waals surface area contributed by atoms with Crippen molar-refractivity contribution in [1.29, 1.82) is 0 Å². The minimum absolute atomic E-state index is 0.180. The van der Waals surface area contributed by atoms with Gasteiger partial charge in [0.15, 0.2) is 17.3 Å². The zero-order valence-electron chi connectivity index (χ0n) is 18.4. The first-order valence-corrected chi connectivity index (χ1v) is 10.0. The number of carbonyl (C=O) groups is 3. The standard InChI is InChI=1S/C17H20N6O2.C5H10O/c1-3-14(18)23-17-15(10(2)24)22-13(9-21-17)8-20-12-6-4-11(5-7-12)16(19)25;1-3-4-5(2)6/h4-7,9,20H,3,8H2,1-2H3,(H2,19,25)(H2,18,21,23);3-4H2,1-2H3. The Morgan fingerprint density at radius 3 is 2.16 bits per heavy atom. The first-order chi connectivity index (χ1) is 14.7. The minimum Gasteiger partial charge on any atom is -0.387 e. The largest absolute Gasteiger partial charge is 0.387 e. The summed E-state index contributed by atoms with van der Waals surface area (Å²) in [6.45, 7) is 7.24. The van der Waals surface area contributed by atoms with E-state index in [9.17, 15) is 14.4 Å². The highest BCUT2D eigenvalue weighted by Gasteiger charge is 2.12. The van der Waals surface area contributed by atoms with Crippen LogP contribution in [0.5, 0.6) is 0 Å². The van der Waals surface area contributed by atoms with Crippen molar-refractivity contribution < 1.29 is 14.4 Å². The van der Waals surface area contributed by atoms with Crippen LogP contribution in [0, 0.1) is 0 Å². The summed E-state index contributed by atoms with van der Waals surface area (Å²) in [7, 11) is 0. The Labute approximate surface area is 182 Å². The maximum atomic E-state index is 11.8. The molecule has 1 heterocycles. The van der Waals surface area contributed by atoms with Crippen LogP contribution in [-0.4, -0.2) is 33.3 Å². The molecule has 9 nitrogen and oxygen atoms in total. The van der Waals surface area contributed by atoms with Crippen molar-refractivity contribution in [3.63, 3.8) is 0 Å². The number of Topliss-reactive ketones (excluding diaryl/α,β-unsaturated/α-hetero) is 2. The Kier molecular flexibility index (Phi) is 10.5. The molecule has 2 rings (SSSR count). The molecule has 5 N–H and O–H groups in total. The average Bonchev–Trinajstić information content (AvgIpc) is 2.73. The fourth-order valence-electron chi connectivity index (χ4n) is 2.33. The second kappa shape index (κ2) is 12.8. The molecule has 0 unspecified atom stereocenters. The molecule has 0 spiro atoms. The van der Waals surface area contributed by atoms with Crippen LogP contribution in [0.15, 0.2) is 35.5 Å². The Morgan fingerprint density at radius 1 is 1.06 bits per heavy atom. The van der Waals surface area contributed by atoms with E-state index in [1.165, 1.54) is 6.92 Å². The number of hydrogen-bond acceptors (Lipinski definition) is 7. The number of nitrogens with one attached hydrogen (secondary N) is 1. The fourth-order valence-corrected chi connectivity index (χ4v) is 2.33. The normalized spacial score (nSPS) is 10.6. The third kappa shape index (κ3) is 9.16. The lowest BCUT2D eigenvalue weighted by Gasteiger charge is -2.08. The number of carbonyl (C=O) groups excluding carboxylic acids is 3. The molecular weight excluding hydrogens is 396 g/mol. The van der Waals surface area contributed by atoms with E-state index in [1.807, 2.05) is 13.8 Å². The Morgan fingerprint density at radius 2 is 1.71 bits per heavy atom. The molecule has 2 aromatic rings. The zero-order valence-corrected chi connectivity index (χ0v) is 18.4. The maximum absolute atomic E-state index is 11.8. The maximum Gasteiger partial charge on any atom is 0.248 e. The van der Waals surface area contributed by atoms with Crippen molar-refractivity contribution in [1.82, 2.24) is 9.97 Å². The van der Waals surface area contributed by atoms with Gasteiger partial charge in [0.25, 0.3) is 0 Å². The van der Waals surface area contributed by atoms with Crippen LogP contribution >= 0.6 is 0 Å². The van der Waals surface area contributed by atoms with Crippen LogP contribution in [-0.2, 0) is 11.3 Å². The molecule has 0 aliphatic rings. The van der Waals surface area contributed by atoms with Crippen molar-refractivity contribution in [3.8, 4) is 0 Å². The van der Waals surface area contributed by atoms with Gasteiger partial charge in [-0.3, -0.25) is 9.59 Å². The average molecular weight is 427 g/mol. The van der Waals surface area contributed by atoms with E-state index < -0.39 is 5.91 Å². The van der Waals surface area contributed by atoms with Crippen molar-refractivity contribution in [2.75, 3.05) is 5.32 Å². The molecule has 0 fully saturated rings. The lowest BCUT2D eigenvalue weighted by Crippen LogP contribution is -2.12. The number of nitrogens with two attached hydrogens (primary N) is 2. The predicted molar refractivity (Wildman–Crippen MR) is 121 cm³/mol. The molecule has 0 saturated heterocycles. The molecule has 31 heavy (non-hydrogen) atoms. The third-order valence-electron chi connectivity index (χ3n) is 3.99. The number of amidine groups is 1. The summed E-state index contributed by atoms with van der Waals surface area (Å²) in [6.07, 6.45) is 3.82. The van der Waals surface area contributed by atoms with Gasteiger partial charge in [-0.25, -0.2) is 15.0 Å². The molecule has 1 aromatic heterocycles. The van der Waals surface area contributed by atoms with Crippen LogP contribution in [0.25, 0.3) is 0 Å². The minimum atomic E-state index is -0.481. The lowest BCUT2D eigenvalue weighted by atomic mass is 10.2. The molecule has 0 aliphatic heterocycles. The van der Waals surface area contributed by atoms with Crippen molar-refractivity contribution in [3.05, 3.63) is 47.4 Å². The van der Waals surface area contributed by atoms with Gasteiger partial charge in [-0.15, -0.1) is 0 Å². The Bertz CT molecular complexity index is 939. The van der Waals surface area contributed by atoms with Gasteiger partial charge in [-0.1, -0.05) is 13.8 Å². The van der Waals surface area contributed by atoms with Crippen LogP contribution < -0.4 is 16.8 Å².